The number of carboxylic acid groups (broad SMARTS) is 1. The summed E-state index contributed by atoms with van der Waals surface area (Å²) in [5, 5.41) is 20.3. The highest BCUT2D eigenvalue weighted by Crippen LogP contribution is 2.39. The lowest BCUT2D eigenvalue weighted by Crippen LogP contribution is -2.43. The Morgan fingerprint density at radius 1 is 0.975 bits per heavy atom. The molecule has 3 N–H and O–H groups in total. The fourth-order valence-electron chi connectivity index (χ4n) is 5.15. The molecule has 0 bridgehead atoms. The van der Waals surface area contributed by atoms with Crippen LogP contribution in [-0.4, -0.2) is 46.7 Å². The number of nitrogens with zero attached hydrogens (tertiary/aromatic N) is 1. The summed E-state index contributed by atoms with van der Waals surface area (Å²) in [5.41, 5.74) is 2.26. The van der Waals surface area contributed by atoms with Gasteiger partial charge in [0, 0.05) is 31.1 Å². The van der Waals surface area contributed by atoms with Crippen molar-refractivity contribution in [2.45, 2.75) is 78.2 Å². The molecule has 0 spiro atoms. The van der Waals surface area contributed by atoms with Gasteiger partial charge in [-0.1, -0.05) is 45.0 Å². The van der Waals surface area contributed by atoms with E-state index in [0.717, 1.165) is 31.2 Å². The predicted octanol–water partition coefficient (Wildman–Crippen LogP) is 6.42. The number of amides is 1. The normalized spacial score (nSPS) is 17.6. The van der Waals surface area contributed by atoms with Gasteiger partial charge in [-0.05, 0) is 72.4 Å². The lowest BCUT2D eigenvalue weighted by Gasteiger charge is -2.42. The molecule has 0 saturated heterocycles. The van der Waals surface area contributed by atoms with Crippen molar-refractivity contribution in [2.24, 2.45) is 11.3 Å². The van der Waals surface area contributed by atoms with Crippen LogP contribution in [0, 0.1) is 16.7 Å². The van der Waals surface area contributed by atoms with Crippen molar-refractivity contribution >= 4 is 17.7 Å². The first-order valence-electron chi connectivity index (χ1n) is 13.5. The Bertz CT molecular complexity index is 1150. The number of nitrogens with one attached hydrogen (secondary N) is 2. The van der Waals surface area contributed by atoms with Crippen LogP contribution < -0.4 is 10.1 Å². The van der Waals surface area contributed by atoms with Crippen molar-refractivity contribution in [3.63, 3.8) is 0 Å². The Labute approximate surface area is 233 Å². The number of carbonyl (C=O) groups excluding carboxylic acids is 1. The molecule has 0 atom stereocenters. The molecule has 1 aliphatic rings. The van der Waals surface area contributed by atoms with Gasteiger partial charge in [-0.25, -0.2) is 0 Å². The number of amidine groups is 1. The topological polar surface area (TPSA) is 103 Å². The number of carboxylic acids is 1. The molecule has 1 aliphatic carbocycles. The molecule has 10 heteroatoms. The summed E-state index contributed by atoms with van der Waals surface area (Å²) >= 11 is 0. The lowest BCUT2D eigenvalue weighted by atomic mass is 9.71. The molecule has 218 valence electrons. The first-order valence-corrected chi connectivity index (χ1v) is 13.5. The second-order valence-corrected chi connectivity index (χ2v) is 11.4. The average Bonchev–Trinajstić information content (AvgIpc) is 2.87. The highest BCUT2D eigenvalue weighted by atomic mass is 19.4. The quantitative estimate of drug-likeness (QED) is 0.230. The average molecular weight is 562 g/mol. The highest BCUT2D eigenvalue weighted by Gasteiger charge is 2.33. The number of benzene rings is 2. The Kier molecular flexibility index (Phi) is 10.2. The van der Waals surface area contributed by atoms with Crippen LogP contribution in [0.3, 0.4) is 0 Å². The van der Waals surface area contributed by atoms with E-state index in [4.69, 9.17) is 10.5 Å². The largest absolute Gasteiger partial charge is 0.573 e. The fourth-order valence-corrected chi connectivity index (χ4v) is 5.15. The summed E-state index contributed by atoms with van der Waals surface area (Å²) in [4.78, 5) is 25.1. The van der Waals surface area contributed by atoms with E-state index in [1.807, 2.05) is 12.1 Å². The van der Waals surface area contributed by atoms with Crippen LogP contribution in [-0.2, 0) is 17.8 Å². The first-order chi connectivity index (χ1) is 18.7. The Morgan fingerprint density at radius 3 is 2.08 bits per heavy atom. The molecular formula is C30H38F3N3O4. The van der Waals surface area contributed by atoms with Gasteiger partial charge in [0.15, 0.2) is 0 Å². The van der Waals surface area contributed by atoms with Gasteiger partial charge < -0.3 is 20.1 Å². The van der Waals surface area contributed by atoms with E-state index in [9.17, 15) is 22.8 Å². The molecule has 0 aliphatic heterocycles. The van der Waals surface area contributed by atoms with E-state index >= 15 is 0 Å². The van der Waals surface area contributed by atoms with Crippen LogP contribution in [0.2, 0.25) is 0 Å². The number of carbonyl (C=O) groups is 2. The number of alkyl halides is 3. The van der Waals surface area contributed by atoms with E-state index < -0.39 is 12.3 Å². The summed E-state index contributed by atoms with van der Waals surface area (Å²) < 4.78 is 41.5. The van der Waals surface area contributed by atoms with E-state index in [-0.39, 0.29) is 42.5 Å². The van der Waals surface area contributed by atoms with Crippen LogP contribution in [0.15, 0.2) is 48.5 Å². The van der Waals surface area contributed by atoms with Crippen molar-refractivity contribution < 1.29 is 32.6 Å². The van der Waals surface area contributed by atoms with Gasteiger partial charge in [-0.3, -0.25) is 15.0 Å². The molecule has 0 radical (unpaired) electrons. The maximum absolute atomic E-state index is 12.5. The van der Waals surface area contributed by atoms with Crippen LogP contribution >= 0.6 is 0 Å². The van der Waals surface area contributed by atoms with Gasteiger partial charge in [-0.2, -0.15) is 0 Å². The number of aliphatic carboxylic acids is 1. The van der Waals surface area contributed by atoms with E-state index in [1.165, 1.54) is 12.1 Å². The standard InChI is InChI=1S/C30H38F3N3O4/c1-29(2,3)23-10-12-24(13-11-23)36(26(34)18-20-6-14-25(15-7-20)40-30(31,32)33)19-21-4-8-22(9-5-21)28(39)35-17-16-27(37)38/h4-9,14-15,23-24,34H,10-13,16-19H2,1-3H3,(H,35,39)(H,37,38). The molecule has 3 rings (SSSR count). The minimum absolute atomic E-state index is 0.0431. The summed E-state index contributed by atoms with van der Waals surface area (Å²) in [5.74, 6) is -0.664. The minimum Gasteiger partial charge on any atom is -0.481 e. The zero-order valence-electron chi connectivity index (χ0n) is 23.2. The summed E-state index contributed by atoms with van der Waals surface area (Å²) in [6.07, 6.45) is -0.676. The van der Waals surface area contributed by atoms with Crippen LogP contribution in [0.25, 0.3) is 0 Å². The van der Waals surface area contributed by atoms with Gasteiger partial charge >= 0.3 is 12.3 Å². The second kappa shape index (κ2) is 13.2. The molecule has 2 aromatic rings. The van der Waals surface area contributed by atoms with Crippen LogP contribution in [0.4, 0.5) is 13.2 Å². The van der Waals surface area contributed by atoms with Gasteiger partial charge in [0.05, 0.1) is 6.42 Å². The molecule has 40 heavy (non-hydrogen) atoms. The zero-order chi connectivity index (χ0) is 29.5. The van der Waals surface area contributed by atoms with Crippen molar-refractivity contribution in [1.29, 1.82) is 5.41 Å². The van der Waals surface area contributed by atoms with Gasteiger partial charge in [0.1, 0.15) is 11.6 Å². The molecule has 0 unspecified atom stereocenters. The number of hydrogen-bond donors (Lipinski definition) is 3. The fraction of sp³-hybridized carbons (Fsp3) is 0.500. The molecule has 0 heterocycles. The highest BCUT2D eigenvalue weighted by molar-refractivity contribution is 5.94. The van der Waals surface area contributed by atoms with Crippen LogP contribution in [0.1, 0.15) is 74.4 Å². The molecule has 0 aromatic heterocycles. The second-order valence-electron chi connectivity index (χ2n) is 11.4. The third-order valence-electron chi connectivity index (χ3n) is 7.43. The third-order valence-corrected chi connectivity index (χ3v) is 7.43. The number of hydrogen-bond acceptors (Lipinski definition) is 4. The molecule has 1 amide bonds. The van der Waals surface area contributed by atoms with Gasteiger partial charge in [0.2, 0.25) is 0 Å². The van der Waals surface area contributed by atoms with Crippen LogP contribution in [0.5, 0.6) is 5.75 Å². The lowest BCUT2D eigenvalue weighted by molar-refractivity contribution is -0.274. The number of ether oxygens (including phenoxy) is 1. The first kappa shape index (κ1) is 31.0. The van der Waals surface area contributed by atoms with E-state index in [0.29, 0.717) is 29.4 Å². The maximum Gasteiger partial charge on any atom is 0.573 e. The monoisotopic (exact) mass is 561 g/mol. The van der Waals surface area contributed by atoms with Crippen molar-refractivity contribution in [1.82, 2.24) is 10.2 Å². The number of halogens is 3. The summed E-state index contributed by atoms with van der Waals surface area (Å²) in [6.45, 7) is 7.26. The molecule has 1 fully saturated rings. The smallest absolute Gasteiger partial charge is 0.481 e. The molecule has 7 nitrogen and oxygen atoms in total. The maximum atomic E-state index is 12.5. The third kappa shape index (κ3) is 9.57. The summed E-state index contributed by atoms with van der Waals surface area (Å²) in [7, 11) is 0. The molecule has 2 aromatic carbocycles. The Hall–Kier alpha value is -3.56. The minimum atomic E-state index is -4.76. The Morgan fingerprint density at radius 2 is 1.55 bits per heavy atom. The van der Waals surface area contributed by atoms with E-state index in [1.54, 1.807) is 24.3 Å². The van der Waals surface area contributed by atoms with Gasteiger partial charge in [0.25, 0.3) is 5.91 Å². The number of rotatable bonds is 10. The van der Waals surface area contributed by atoms with Crippen molar-refractivity contribution in [2.75, 3.05) is 6.54 Å². The van der Waals surface area contributed by atoms with Gasteiger partial charge in [-0.15, -0.1) is 13.2 Å². The Balaban J connectivity index is 1.72. The molecule has 1 saturated carbocycles. The SMILES string of the molecule is CC(C)(C)C1CCC(N(Cc2ccc(C(=O)NCCC(=O)O)cc2)C(=N)Cc2ccc(OC(F)(F)F)cc2)CC1. The van der Waals surface area contributed by atoms with E-state index in [2.05, 4.69) is 35.7 Å². The molecular weight excluding hydrogens is 523 g/mol. The van der Waals surface area contributed by atoms with Crippen molar-refractivity contribution in [3.05, 3.63) is 65.2 Å². The summed E-state index contributed by atoms with van der Waals surface area (Å²) in [6, 6.07) is 12.8. The predicted molar refractivity (Wildman–Crippen MR) is 146 cm³/mol. The zero-order valence-corrected chi connectivity index (χ0v) is 23.2. The van der Waals surface area contributed by atoms with Crippen molar-refractivity contribution in [3.8, 4) is 5.75 Å².